The van der Waals surface area contributed by atoms with Crippen LogP contribution in [0.3, 0.4) is 0 Å². The van der Waals surface area contributed by atoms with Gasteiger partial charge >= 0.3 is 0 Å². The van der Waals surface area contributed by atoms with E-state index >= 15 is 0 Å². The molecule has 2 aliphatic rings. The molecule has 4 rings (SSSR count). The fourth-order valence-electron chi connectivity index (χ4n) is 4.28. The van der Waals surface area contributed by atoms with Crippen LogP contribution in [0.2, 0.25) is 0 Å². The summed E-state index contributed by atoms with van der Waals surface area (Å²) in [5, 5.41) is 0. The zero-order chi connectivity index (χ0) is 20.4. The summed E-state index contributed by atoms with van der Waals surface area (Å²) in [7, 11) is 0. The van der Waals surface area contributed by atoms with Gasteiger partial charge in [0.2, 0.25) is 0 Å². The topological polar surface area (TPSA) is 48.8 Å². The Labute approximate surface area is 180 Å². The van der Waals surface area contributed by atoms with E-state index in [0.717, 1.165) is 95.6 Å². The minimum atomic E-state index is 0.668. The van der Waals surface area contributed by atoms with Gasteiger partial charge in [-0.2, -0.15) is 0 Å². The summed E-state index contributed by atoms with van der Waals surface area (Å²) in [6, 6.07) is 8.34. The molecule has 2 aromatic rings. The van der Waals surface area contributed by atoms with E-state index in [4.69, 9.17) is 14.2 Å². The highest BCUT2D eigenvalue weighted by molar-refractivity contribution is 5.58. The summed E-state index contributed by atoms with van der Waals surface area (Å²) >= 11 is 0. The van der Waals surface area contributed by atoms with Crippen molar-refractivity contribution >= 4 is 0 Å². The molecule has 0 spiro atoms. The van der Waals surface area contributed by atoms with Crippen LogP contribution in [0.15, 0.2) is 36.7 Å². The molecule has 6 nitrogen and oxygen atoms in total. The van der Waals surface area contributed by atoms with Crippen LogP contribution < -0.4 is 4.74 Å². The van der Waals surface area contributed by atoms with Gasteiger partial charge in [-0.05, 0) is 56.7 Å². The van der Waals surface area contributed by atoms with Gasteiger partial charge in [-0.1, -0.05) is 12.1 Å². The maximum Gasteiger partial charge on any atom is 0.140 e. The predicted octanol–water partition coefficient (Wildman–Crippen LogP) is 3.86. The number of imidazole rings is 1. The lowest BCUT2D eigenvalue weighted by Gasteiger charge is -2.26. The van der Waals surface area contributed by atoms with Gasteiger partial charge in [0.25, 0.3) is 0 Å². The molecular formula is C24H35N3O3. The van der Waals surface area contributed by atoms with E-state index < -0.39 is 0 Å². The highest BCUT2D eigenvalue weighted by Crippen LogP contribution is 2.24. The minimum Gasteiger partial charge on any atom is -0.494 e. The monoisotopic (exact) mass is 413 g/mol. The normalized spacial score (nSPS) is 20.3. The molecular weight excluding hydrogens is 378 g/mol. The first-order valence-electron chi connectivity index (χ1n) is 11.5. The lowest BCUT2D eigenvalue weighted by molar-refractivity contribution is 0.0368. The summed E-state index contributed by atoms with van der Waals surface area (Å²) in [5.41, 5.74) is 1.12. The van der Waals surface area contributed by atoms with Gasteiger partial charge in [0.05, 0.1) is 19.8 Å². The van der Waals surface area contributed by atoms with Crippen LogP contribution in [-0.2, 0) is 16.0 Å². The number of morpholine rings is 1. The van der Waals surface area contributed by atoms with Crippen LogP contribution in [0, 0.1) is 5.92 Å². The van der Waals surface area contributed by atoms with E-state index in [1.807, 2.05) is 12.3 Å². The summed E-state index contributed by atoms with van der Waals surface area (Å²) in [6.07, 6.45) is 9.81. The molecule has 3 heterocycles. The van der Waals surface area contributed by atoms with Gasteiger partial charge in [0, 0.05) is 50.8 Å². The van der Waals surface area contributed by atoms with Crippen molar-refractivity contribution in [3.8, 4) is 17.1 Å². The average Bonchev–Trinajstić information content (AvgIpc) is 3.28. The number of benzene rings is 1. The Morgan fingerprint density at radius 1 is 1.07 bits per heavy atom. The molecule has 2 saturated heterocycles. The molecule has 164 valence electrons. The number of aryl methyl sites for hydroxylation is 1. The largest absolute Gasteiger partial charge is 0.494 e. The molecule has 2 fully saturated rings. The van der Waals surface area contributed by atoms with Gasteiger partial charge in [-0.15, -0.1) is 0 Å². The molecule has 1 aromatic carbocycles. The highest BCUT2D eigenvalue weighted by atomic mass is 16.5. The molecule has 0 radical (unpaired) electrons. The van der Waals surface area contributed by atoms with Gasteiger partial charge in [-0.25, -0.2) is 4.98 Å². The lowest BCUT2D eigenvalue weighted by atomic mass is 9.99. The van der Waals surface area contributed by atoms with Crippen molar-refractivity contribution in [1.82, 2.24) is 14.5 Å². The number of unbranched alkanes of at least 4 members (excludes halogenated alkanes) is 1. The van der Waals surface area contributed by atoms with E-state index in [1.54, 1.807) is 0 Å². The zero-order valence-corrected chi connectivity index (χ0v) is 18.0. The summed E-state index contributed by atoms with van der Waals surface area (Å²) in [6.45, 7) is 8.55. The number of aromatic nitrogens is 2. The molecule has 0 saturated carbocycles. The first-order chi connectivity index (χ1) is 14.9. The van der Waals surface area contributed by atoms with Gasteiger partial charge in [0.15, 0.2) is 0 Å². The third-order valence-corrected chi connectivity index (χ3v) is 6.08. The van der Waals surface area contributed by atoms with Crippen molar-refractivity contribution in [3.63, 3.8) is 0 Å². The molecule has 0 N–H and O–H groups in total. The number of hydrogen-bond donors (Lipinski definition) is 0. The van der Waals surface area contributed by atoms with E-state index in [0.29, 0.717) is 5.92 Å². The molecule has 1 unspecified atom stereocenters. The Balaban J connectivity index is 1.24. The molecule has 6 heteroatoms. The van der Waals surface area contributed by atoms with Crippen molar-refractivity contribution in [2.24, 2.45) is 5.92 Å². The first-order valence-corrected chi connectivity index (χ1v) is 11.5. The molecule has 1 atom stereocenters. The van der Waals surface area contributed by atoms with Crippen molar-refractivity contribution in [2.75, 3.05) is 52.7 Å². The second-order valence-electron chi connectivity index (χ2n) is 8.35. The molecule has 2 aliphatic heterocycles. The van der Waals surface area contributed by atoms with Gasteiger partial charge in [-0.3, -0.25) is 4.90 Å². The van der Waals surface area contributed by atoms with Crippen molar-refractivity contribution in [3.05, 3.63) is 36.7 Å². The van der Waals surface area contributed by atoms with Crippen LogP contribution in [0.5, 0.6) is 5.75 Å². The predicted molar refractivity (Wildman–Crippen MR) is 118 cm³/mol. The third-order valence-electron chi connectivity index (χ3n) is 6.08. The highest BCUT2D eigenvalue weighted by Gasteiger charge is 2.15. The smallest absolute Gasteiger partial charge is 0.140 e. The Hall–Kier alpha value is -1.89. The maximum absolute atomic E-state index is 6.03. The summed E-state index contributed by atoms with van der Waals surface area (Å²) in [5.74, 6) is 2.61. The Kier molecular flexibility index (Phi) is 8.17. The number of rotatable bonds is 10. The summed E-state index contributed by atoms with van der Waals surface area (Å²) in [4.78, 5) is 7.09. The van der Waals surface area contributed by atoms with E-state index in [1.165, 1.54) is 12.8 Å². The van der Waals surface area contributed by atoms with Crippen LogP contribution in [0.1, 0.15) is 32.1 Å². The lowest BCUT2D eigenvalue weighted by Crippen LogP contribution is -2.36. The average molecular weight is 414 g/mol. The molecule has 0 bridgehead atoms. The van der Waals surface area contributed by atoms with E-state index in [2.05, 4.69) is 38.8 Å². The fraction of sp³-hybridized carbons (Fsp3) is 0.625. The number of hydrogen-bond acceptors (Lipinski definition) is 5. The second kappa shape index (κ2) is 11.5. The quantitative estimate of drug-likeness (QED) is 0.554. The van der Waals surface area contributed by atoms with Crippen molar-refractivity contribution < 1.29 is 14.2 Å². The van der Waals surface area contributed by atoms with E-state index in [9.17, 15) is 0 Å². The Morgan fingerprint density at radius 2 is 2.00 bits per heavy atom. The SMILES string of the molecule is c1cc(OCCCCN2CCOCC2)cc(-c2nccn2CCC2CCCOC2)c1. The Bertz CT molecular complexity index is 752. The fourth-order valence-corrected chi connectivity index (χ4v) is 4.28. The van der Waals surface area contributed by atoms with Crippen molar-refractivity contribution in [2.45, 2.75) is 38.6 Å². The molecule has 0 aliphatic carbocycles. The van der Waals surface area contributed by atoms with Crippen LogP contribution in [-0.4, -0.2) is 67.1 Å². The summed E-state index contributed by atoms with van der Waals surface area (Å²) < 4.78 is 19.3. The first kappa shape index (κ1) is 21.3. The molecule has 0 amide bonds. The van der Waals surface area contributed by atoms with Crippen molar-refractivity contribution in [1.29, 1.82) is 0 Å². The van der Waals surface area contributed by atoms with E-state index in [-0.39, 0.29) is 0 Å². The third kappa shape index (κ3) is 6.30. The van der Waals surface area contributed by atoms with Crippen LogP contribution >= 0.6 is 0 Å². The number of ether oxygens (including phenoxy) is 3. The molecule has 1 aromatic heterocycles. The standard InChI is InChI=1S/C24H35N3O3/c1(10-26-13-17-28-18-14-26)2-16-30-23-7-3-6-22(19-23)24-25-9-12-27(24)11-8-21-5-4-15-29-20-21/h3,6-7,9,12,19,21H,1-2,4-5,8,10-11,13-18,20H2. The van der Waals surface area contributed by atoms with Crippen LogP contribution in [0.25, 0.3) is 11.4 Å². The molecule has 30 heavy (non-hydrogen) atoms. The van der Waals surface area contributed by atoms with Crippen LogP contribution in [0.4, 0.5) is 0 Å². The second-order valence-corrected chi connectivity index (χ2v) is 8.35. The minimum absolute atomic E-state index is 0.668. The van der Waals surface area contributed by atoms with Gasteiger partial charge in [0.1, 0.15) is 11.6 Å². The Morgan fingerprint density at radius 3 is 2.87 bits per heavy atom. The maximum atomic E-state index is 6.03. The van der Waals surface area contributed by atoms with Gasteiger partial charge < -0.3 is 18.8 Å². The zero-order valence-electron chi connectivity index (χ0n) is 18.0. The number of nitrogens with zero attached hydrogens (tertiary/aromatic N) is 3.